The molecule has 101 heavy (non-hydrogen) atoms. The van der Waals surface area contributed by atoms with Crippen LogP contribution >= 0.6 is 15.6 Å². The van der Waals surface area contributed by atoms with Crippen molar-refractivity contribution in [2.75, 3.05) is 39.6 Å². The van der Waals surface area contributed by atoms with E-state index >= 15 is 0 Å². The molecule has 3 N–H and O–H groups in total. The van der Waals surface area contributed by atoms with Crippen molar-refractivity contribution >= 4 is 39.5 Å². The summed E-state index contributed by atoms with van der Waals surface area (Å²) >= 11 is 0. The first kappa shape index (κ1) is 99.1. The molecule has 600 valence electrons. The maximum Gasteiger partial charge on any atom is 0.472 e. The number of unbranched alkanes of at least 4 members (excludes halogenated alkanes) is 54. The maximum atomic E-state index is 13.1. The van der Waals surface area contributed by atoms with Gasteiger partial charge in [-0.1, -0.05) is 388 Å². The largest absolute Gasteiger partial charge is 0.472 e. The molecule has 0 aliphatic heterocycles. The molecular weight excluding hydrogens is 1320 g/mol. The van der Waals surface area contributed by atoms with Crippen molar-refractivity contribution in [3.8, 4) is 0 Å². The maximum absolute atomic E-state index is 13.1. The summed E-state index contributed by atoms with van der Waals surface area (Å²) in [6.45, 7) is 7.26. The first-order chi connectivity index (χ1) is 49.0. The van der Waals surface area contributed by atoms with Gasteiger partial charge in [0.05, 0.1) is 26.4 Å². The van der Waals surface area contributed by atoms with Gasteiger partial charge in [0.25, 0.3) is 0 Å². The molecule has 2 unspecified atom stereocenters. The Morgan fingerprint density at radius 3 is 0.673 bits per heavy atom. The summed E-state index contributed by atoms with van der Waals surface area (Å²) in [7, 11) is -9.91. The van der Waals surface area contributed by atoms with Gasteiger partial charge < -0.3 is 33.8 Å². The normalized spacial score (nSPS) is 13.8. The molecular formula is C82H160O17P2. The van der Waals surface area contributed by atoms with Crippen molar-refractivity contribution in [3.63, 3.8) is 0 Å². The third kappa shape index (κ3) is 76.1. The fourth-order valence-corrected chi connectivity index (χ4v) is 14.3. The lowest BCUT2D eigenvalue weighted by molar-refractivity contribution is -0.161. The Morgan fingerprint density at radius 2 is 0.455 bits per heavy atom. The number of carbonyl (C=O) groups is 4. The summed E-state index contributed by atoms with van der Waals surface area (Å²) in [4.78, 5) is 72.8. The van der Waals surface area contributed by atoms with Crippen molar-refractivity contribution in [2.24, 2.45) is 5.92 Å². The summed E-state index contributed by atoms with van der Waals surface area (Å²) < 4.78 is 68.5. The number of hydrogen-bond donors (Lipinski definition) is 3. The number of phosphoric acid groups is 2. The van der Waals surface area contributed by atoms with E-state index in [1.54, 1.807) is 0 Å². The smallest absolute Gasteiger partial charge is 0.462 e. The van der Waals surface area contributed by atoms with Crippen LogP contribution in [0.1, 0.15) is 439 Å². The number of esters is 4. The van der Waals surface area contributed by atoms with Crippen LogP contribution in [-0.4, -0.2) is 96.7 Å². The highest BCUT2D eigenvalue weighted by molar-refractivity contribution is 7.47. The Bertz CT molecular complexity index is 1930. The monoisotopic (exact) mass is 1480 g/mol. The van der Waals surface area contributed by atoms with Crippen molar-refractivity contribution in [1.82, 2.24) is 0 Å². The lowest BCUT2D eigenvalue weighted by Gasteiger charge is -2.21. The van der Waals surface area contributed by atoms with E-state index < -0.39 is 97.5 Å². The van der Waals surface area contributed by atoms with Gasteiger partial charge in [-0.2, -0.15) is 0 Å². The van der Waals surface area contributed by atoms with Crippen LogP contribution in [0.2, 0.25) is 0 Å². The van der Waals surface area contributed by atoms with E-state index in [-0.39, 0.29) is 25.7 Å². The van der Waals surface area contributed by atoms with Crippen molar-refractivity contribution in [1.29, 1.82) is 0 Å². The third-order valence-corrected chi connectivity index (χ3v) is 21.2. The van der Waals surface area contributed by atoms with Gasteiger partial charge in [0, 0.05) is 25.7 Å². The summed E-state index contributed by atoms with van der Waals surface area (Å²) in [6.07, 6.45) is 67.2. The minimum absolute atomic E-state index is 0.107. The number of aliphatic hydroxyl groups excluding tert-OH is 1. The molecule has 0 aromatic rings. The predicted molar refractivity (Wildman–Crippen MR) is 414 cm³/mol. The summed E-state index contributed by atoms with van der Waals surface area (Å²) in [5.41, 5.74) is 0. The Morgan fingerprint density at radius 1 is 0.267 bits per heavy atom. The van der Waals surface area contributed by atoms with E-state index in [4.69, 9.17) is 37.0 Å². The predicted octanol–water partition coefficient (Wildman–Crippen LogP) is 24.8. The molecule has 17 nitrogen and oxygen atoms in total. The van der Waals surface area contributed by atoms with Crippen LogP contribution in [0.4, 0.5) is 0 Å². The Hall–Kier alpha value is -1.94. The van der Waals surface area contributed by atoms with E-state index in [2.05, 4.69) is 34.6 Å². The Balaban J connectivity index is 5.11. The molecule has 0 heterocycles. The first-order valence-electron chi connectivity index (χ1n) is 42.6. The highest BCUT2D eigenvalue weighted by Gasteiger charge is 2.30. The molecule has 0 saturated heterocycles. The highest BCUT2D eigenvalue weighted by Crippen LogP contribution is 2.45. The van der Waals surface area contributed by atoms with E-state index in [0.29, 0.717) is 25.7 Å². The highest BCUT2D eigenvalue weighted by atomic mass is 31.2. The van der Waals surface area contributed by atoms with E-state index in [9.17, 15) is 43.2 Å². The molecule has 0 spiro atoms. The van der Waals surface area contributed by atoms with Crippen LogP contribution in [0.5, 0.6) is 0 Å². The summed E-state index contributed by atoms with van der Waals surface area (Å²) in [6, 6.07) is 0. The zero-order valence-electron chi connectivity index (χ0n) is 66.1. The lowest BCUT2D eigenvalue weighted by Crippen LogP contribution is -2.30. The number of hydrogen-bond acceptors (Lipinski definition) is 15. The van der Waals surface area contributed by atoms with Crippen molar-refractivity contribution in [2.45, 2.75) is 457 Å². The fraction of sp³-hybridized carbons (Fsp3) is 0.951. The number of phosphoric ester groups is 2. The summed E-state index contributed by atoms with van der Waals surface area (Å²) in [5.74, 6) is -1.33. The number of aliphatic hydroxyl groups is 1. The molecule has 0 radical (unpaired) electrons. The fourth-order valence-electron chi connectivity index (χ4n) is 12.8. The third-order valence-electron chi connectivity index (χ3n) is 19.3. The Kier molecular flexibility index (Phi) is 73.5. The van der Waals surface area contributed by atoms with E-state index in [1.165, 1.54) is 257 Å². The first-order valence-corrected chi connectivity index (χ1v) is 45.6. The minimum Gasteiger partial charge on any atom is -0.462 e. The van der Waals surface area contributed by atoms with Crippen molar-refractivity contribution < 1.29 is 80.2 Å². The van der Waals surface area contributed by atoms with Crippen molar-refractivity contribution in [3.05, 3.63) is 0 Å². The van der Waals surface area contributed by atoms with Crippen LogP contribution in [0.25, 0.3) is 0 Å². The Labute approximate surface area is 619 Å². The molecule has 0 aromatic carbocycles. The van der Waals surface area contributed by atoms with Gasteiger partial charge >= 0.3 is 39.5 Å². The molecule has 5 atom stereocenters. The SMILES string of the molecule is CCCCCCCCCCCCCCCCCCCCCCCC(=O)O[C@H](COC(=O)CCCCCCCCCCCCCCCCCCCCC)COP(=O)(O)OC[C@@H](O)COP(=O)(O)OC[C@@H](COC(=O)CCCCCCC)OC(=O)CCCCCCCCCCCCCCCC(C)C. The second-order valence-corrected chi connectivity index (χ2v) is 32.9. The molecule has 19 heteroatoms. The lowest BCUT2D eigenvalue weighted by atomic mass is 10.0. The van der Waals surface area contributed by atoms with Gasteiger partial charge in [0.15, 0.2) is 12.2 Å². The second kappa shape index (κ2) is 74.9. The second-order valence-electron chi connectivity index (χ2n) is 30.0. The molecule has 0 aromatic heterocycles. The van der Waals surface area contributed by atoms with Crippen LogP contribution in [0, 0.1) is 5.92 Å². The van der Waals surface area contributed by atoms with Gasteiger partial charge in [0.2, 0.25) is 0 Å². The molecule has 0 amide bonds. The van der Waals surface area contributed by atoms with E-state index in [1.807, 2.05) is 0 Å². The van der Waals surface area contributed by atoms with Crippen LogP contribution < -0.4 is 0 Å². The zero-order chi connectivity index (χ0) is 74.1. The van der Waals surface area contributed by atoms with Crippen LogP contribution in [0.15, 0.2) is 0 Å². The van der Waals surface area contributed by atoms with Gasteiger partial charge in [-0.25, -0.2) is 9.13 Å². The van der Waals surface area contributed by atoms with Gasteiger partial charge in [-0.15, -0.1) is 0 Å². The van der Waals surface area contributed by atoms with Gasteiger partial charge in [0.1, 0.15) is 19.3 Å². The summed E-state index contributed by atoms with van der Waals surface area (Å²) in [5, 5.41) is 10.6. The molecule has 0 fully saturated rings. The molecule has 0 aliphatic rings. The average Bonchev–Trinajstić information content (AvgIpc) is 0.958. The topological polar surface area (TPSA) is 237 Å². The number of carbonyl (C=O) groups excluding carboxylic acids is 4. The van der Waals surface area contributed by atoms with Gasteiger partial charge in [-0.05, 0) is 31.6 Å². The zero-order valence-corrected chi connectivity index (χ0v) is 67.8. The molecule has 0 bridgehead atoms. The van der Waals surface area contributed by atoms with E-state index in [0.717, 1.165) is 102 Å². The van der Waals surface area contributed by atoms with Crippen LogP contribution in [-0.2, 0) is 65.4 Å². The number of rotatable bonds is 82. The number of ether oxygens (including phenoxy) is 4. The standard InChI is InChI=1S/C82H160O17P2/c1-6-9-12-15-17-19-21-23-25-27-29-30-32-34-36-40-44-48-52-57-62-68-82(87)99-78(72-93-80(85)66-61-56-51-47-43-39-35-33-31-28-26-24-22-20-18-16-13-10-7-2)74-97-101(90,91)95-70-76(83)69-94-100(88,89)96-73-77(71-92-79(84)65-60-54-14-11-8-3)98-81(86)67-63-58-53-49-45-41-37-38-42-46-50-55-59-64-75(4)5/h75-78,83H,6-74H2,1-5H3,(H,88,89)(H,90,91)/t76-,77+,78+/m0/s1. The quantitative estimate of drug-likeness (QED) is 0.0222. The molecule has 0 saturated carbocycles. The molecule has 0 rings (SSSR count). The minimum atomic E-state index is -4.96. The van der Waals surface area contributed by atoms with Crippen LogP contribution in [0.3, 0.4) is 0 Å². The average molecular weight is 1480 g/mol. The van der Waals surface area contributed by atoms with Gasteiger partial charge in [-0.3, -0.25) is 37.3 Å². The molecule has 0 aliphatic carbocycles.